The number of carboxylic acid groups (broad SMARTS) is 1. The molecule has 0 heterocycles. The van der Waals surface area contributed by atoms with Crippen molar-refractivity contribution in [1.82, 2.24) is 0 Å². The summed E-state index contributed by atoms with van der Waals surface area (Å²) in [6, 6.07) is 6.50. The molecule has 0 aliphatic carbocycles. The highest BCUT2D eigenvalue weighted by molar-refractivity contribution is 9.05. The summed E-state index contributed by atoms with van der Waals surface area (Å²) in [7, 11) is 0. The molecule has 0 unspecified atom stereocenters. The topological polar surface area (TPSA) is 66.6 Å². The Labute approximate surface area is 94.6 Å². The van der Waals surface area contributed by atoms with E-state index in [0.29, 0.717) is 17.0 Å². The van der Waals surface area contributed by atoms with Crippen molar-refractivity contribution < 1.29 is 18.8 Å². The Kier molecular flexibility index (Phi) is 4.23. The molecule has 1 aromatic rings. The Morgan fingerprint density at radius 2 is 2.00 bits per heavy atom. The van der Waals surface area contributed by atoms with Crippen LogP contribution in [-0.4, -0.2) is 16.0 Å². The highest BCUT2D eigenvalue weighted by Gasteiger charge is 2.14. The van der Waals surface area contributed by atoms with Crippen molar-refractivity contribution in [2.75, 3.05) is 0 Å². The van der Waals surface area contributed by atoms with Crippen LogP contribution >= 0.6 is 16.3 Å². The van der Waals surface area contributed by atoms with Crippen LogP contribution in [0.5, 0.6) is 0 Å². The van der Waals surface area contributed by atoms with Gasteiger partial charge < -0.3 is 5.11 Å². The first-order valence-corrected chi connectivity index (χ1v) is 4.85. The fraction of sp³-hybridized carbons (Fsp3) is 0.222. The van der Waals surface area contributed by atoms with Crippen LogP contribution in [0.1, 0.15) is 12.0 Å². The second-order valence-electron chi connectivity index (χ2n) is 2.89. The largest absolute Gasteiger partial charge is 0.481 e. The van der Waals surface area contributed by atoms with Crippen molar-refractivity contribution in [2.24, 2.45) is 0 Å². The number of carboxylic acids is 1. The van der Waals surface area contributed by atoms with Gasteiger partial charge >= 0.3 is 11.7 Å². The molecule has 0 aliphatic heterocycles. The smallest absolute Gasteiger partial charge is 0.317 e. The number of rotatable bonds is 5. The van der Waals surface area contributed by atoms with E-state index in [1.807, 2.05) is 0 Å². The van der Waals surface area contributed by atoms with Crippen molar-refractivity contribution in [3.05, 3.63) is 34.7 Å². The third kappa shape index (κ3) is 3.67. The van der Waals surface area contributed by atoms with Gasteiger partial charge in [-0.05, 0) is 12.0 Å². The molecular formula is C9H9BrNO4+. The zero-order valence-electron chi connectivity index (χ0n) is 7.72. The molecule has 5 nitrogen and oxygen atoms in total. The lowest BCUT2D eigenvalue weighted by Crippen LogP contribution is -1.98. The Bertz CT molecular complexity index is 363. The number of halogens is 1. The van der Waals surface area contributed by atoms with E-state index in [0.717, 1.165) is 5.56 Å². The maximum Gasteiger partial charge on any atom is 0.317 e. The maximum absolute atomic E-state index is 10.9. The molecule has 1 N–H and O–H groups in total. The average Bonchev–Trinajstić information content (AvgIpc) is 2.26. The van der Waals surface area contributed by atoms with Gasteiger partial charge in [0, 0.05) is 18.6 Å². The second-order valence-corrected chi connectivity index (χ2v) is 3.18. The zero-order valence-corrected chi connectivity index (χ0v) is 9.31. The summed E-state index contributed by atoms with van der Waals surface area (Å²) in [5.41, 5.74) is 1.20. The van der Waals surface area contributed by atoms with Crippen molar-refractivity contribution >= 4 is 27.9 Å². The van der Waals surface area contributed by atoms with Gasteiger partial charge in [0.05, 0.1) is 4.91 Å². The number of nitrogens with zero attached hydrogens (tertiary/aromatic N) is 1. The van der Waals surface area contributed by atoms with Crippen LogP contribution in [0, 0.1) is 4.91 Å². The molecular weight excluding hydrogens is 266 g/mol. The minimum absolute atomic E-state index is 0.0788. The molecule has 1 aromatic carbocycles. The van der Waals surface area contributed by atoms with Gasteiger partial charge in [-0.25, -0.2) is 0 Å². The Hall–Kier alpha value is -1.43. The molecule has 0 aromatic heterocycles. The van der Waals surface area contributed by atoms with E-state index in [1.54, 1.807) is 24.3 Å². The molecule has 0 bridgehead atoms. The van der Waals surface area contributed by atoms with Crippen LogP contribution in [0.25, 0.3) is 0 Å². The predicted molar refractivity (Wildman–Crippen MR) is 55.7 cm³/mol. The quantitative estimate of drug-likeness (QED) is 0.837. The van der Waals surface area contributed by atoms with Crippen LogP contribution in [0.4, 0.5) is 5.69 Å². The molecule has 0 saturated carbocycles. The zero-order chi connectivity index (χ0) is 11.3. The van der Waals surface area contributed by atoms with E-state index in [9.17, 15) is 9.70 Å². The first kappa shape index (κ1) is 11.6. The van der Waals surface area contributed by atoms with E-state index >= 15 is 0 Å². The fourth-order valence-electron chi connectivity index (χ4n) is 1.08. The number of hydrogen-bond donors (Lipinski definition) is 1. The summed E-state index contributed by atoms with van der Waals surface area (Å²) in [6.07, 6.45) is 0.527. The van der Waals surface area contributed by atoms with Gasteiger partial charge in [-0.1, -0.05) is 12.1 Å². The van der Waals surface area contributed by atoms with Crippen molar-refractivity contribution in [3.63, 3.8) is 0 Å². The van der Waals surface area contributed by atoms with E-state index in [1.165, 1.54) is 0 Å². The van der Waals surface area contributed by atoms with Crippen LogP contribution in [0.2, 0.25) is 0 Å². The summed E-state index contributed by atoms with van der Waals surface area (Å²) in [5.74, 6) is -0.840. The summed E-state index contributed by atoms with van der Waals surface area (Å²) in [4.78, 5) is 21.6. The molecule has 0 atom stereocenters. The molecule has 80 valence electrons. The molecule has 0 fully saturated rings. The maximum atomic E-state index is 10.9. The summed E-state index contributed by atoms with van der Waals surface area (Å²) < 4.78 is 4.27. The van der Waals surface area contributed by atoms with Gasteiger partial charge in [0.1, 0.15) is 0 Å². The lowest BCUT2D eigenvalue weighted by atomic mass is 10.1. The van der Waals surface area contributed by atoms with E-state index in [2.05, 4.69) is 20.2 Å². The van der Waals surface area contributed by atoms with E-state index < -0.39 is 5.97 Å². The number of benzene rings is 1. The number of aryl methyl sites for hydroxylation is 1. The molecule has 6 heteroatoms. The minimum atomic E-state index is -0.840. The molecule has 0 amide bonds. The standard InChI is InChI=1S/C9H8BrNO4/c10-15-11(14)8-4-1-7(2-5-8)3-6-9(12)13/h1-2,4-5H,3,6H2/p+1. The minimum Gasteiger partial charge on any atom is -0.481 e. The van der Waals surface area contributed by atoms with Crippen molar-refractivity contribution in [1.29, 1.82) is 0 Å². The van der Waals surface area contributed by atoms with Gasteiger partial charge in [-0.2, -0.15) is 0 Å². The normalized spacial score (nSPS) is 9.67. The first-order chi connectivity index (χ1) is 7.13. The SMILES string of the molecule is O=C(O)CCc1ccc([N+](=O)OBr)cc1. The molecule has 0 spiro atoms. The van der Waals surface area contributed by atoms with Crippen LogP contribution in [-0.2, 0) is 15.1 Å². The Morgan fingerprint density at radius 1 is 1.40 bits per heavy atom. The Morgan fingerprint density at radius 3 is 2.47 bits per heavy atom. The highest BCUT2D eigenvalue weighted by Crippen LogP contribution is 2.15. The summed E-state index contributed by atoms with van der Waals surface area (Å²) in [5, 5.41) is 8.47. The summed E-state index contributed by atoms with van der Waals surface area (Å²) >= 11 is 2.56. The van der Waals surface area contributed by atoms with Gasteiger partial charge in [0.25, 0.3) is 21.2 Å². The molecule has 0 saturated heterocycles. The lowest BCUT2D eigenvalue weighted by Gasteiger charge is -1.96. The molecule has 15 heavy (non-hydrogen) atoms. The number of carbonyl (C=O) groups is 1. The second kappa shape index (κ2) is 5.45. The Balaban J connectivity index is 2.64. The third-order valence-corrected chi connectivity index (χ3v) is 2.10. The highest BCUT2D eigenvalue weighted by atomic mass is 79.9. The number of aliphatic carboxylic acids is 1. The van der Waals surface area contributed by atoms with Crippen molar-refractivity contribution in [2.45, 2.75) is 12.8 Å². The average molecular weight is 275 g/mol. The van der Waals surface area contributed by atoms with Crippen LogP contribution < -0.4 is 0 Å². The molecule has 1 rings (SSSR count). The lowest BCUT2D eigenvalue weighted by molar-refractivity contribution is -0.688. The predicted octanol–water partition coefficient (Wildman–Crippen LogP) is 2.36. The molecule has 0 aliphatic rings. The molecule has 0 radical (unpaired) electrons. The van der Waals surface area contributed by atoms with Gasteiger partial charge in [0.2, 0.25) is 0 Å². The van der Waals surface area contributed by atoms with Crippen LogP contribution in [0.15, 0.2) is 24.3 Å². The van der Waals surface area contributed by atoms with Crippen LogP contribution in [0.3, 0.4) is 0 Å². The summed E-state index contributed by atoms with van der Waals surface area (Å²) in [6.45, 7) is 0. The van der Waals surface area contributed by atoms with E-state index in [-0.39, 0.29) is 6.42 Å². The van der Waals surface area contributed by atoms with E-state index in [4.69, 9.17) is 5.11 Å². The van der Waals surface area contributed by atoms with Gasteiger partial charge in [0.15, 0.2) is 0 Å². The monoisotopic (exact) mass is 274 g/mol. The van der Waals surface area contributed by atoms with Crippen molar-refractivity contribution in [3.8, 4) is 0 Å². The van der Waals surface area contributed by atoms with Gasteiger partial charge in [-0.3, -0.25) is 4.79 Å². The fourth-order valence-corrected chi connectivity index (χ4v) is 1.24. The van der Waals surface area contributed by atoms with Gasteiger partial charge in [-0.15, -0.1) is 3.93 Å². The first-order valence-electron chi connectivity index (χ1n) is 4.20. The third-order valence-electron chi connectivity index (χ3n) is 1.84. The number of hydrogen-bond acceptors (Lipinski definition) is 3.